The van der Waals surface area contributed by atoms with Crippen LogP contribution in [-0.2, 0) is 22.6 Å². The summed E-state index contributed by atoms with van der Waals surface area (Å²) in [6.45, 7) is 0.0710. The monoisotopic (exact) mass is 436 g/mol. The molecule has 1 aromatic heterocycles. The second-order valence-electron chi connectivity index (χ2n) is 7.36. The van der Waals surface area contributed by atoms with Crippen LogP contribution in [0.2, 0.25) is 0 Å². The third-order valence-electron chi connectivity index (χ3n) is 5.29. The van der Waals surface area contributed by atoms with Crippen molar-refractivity contribution in [1.29, 1.82) is 0 Å². The molecule has 0 bridgehead atoms. The van der Waals surface area contributed by atoms with E-state index in [9.17, 15) is 14.7 Å². The molecule has 1 aliphatic rings. The van der Waals surface area contributed by atoms with Crippen molar-refractivity contribution in [3.8, 4) is 11.5 Å². The number of amides is 2. The van der Waals surface area contributed by atoms with Crippen molar-refractivity contribution in [3.05, 3.63) is 53.5 Å². The van der Waals surface area contributed by atoms with E-state index in [1.54, 1.807) is 49.6 Å². The zero-order chi connectivity index (χ0) is 22.7. The van der Waals surface area contributed by atoms with Crippen molar-refractivity contribution in [2.75, 3.05) is 26.1 Å². The van der Waals surface area contributed by atoms with Crippen LogP contribution in [0.4, 0.5) is 5.69 Å². The van der Waals surface area contributed by atoms with Crippen LogP contribution in [0.25, 0.3) is 17.1 Å². The van der Waals surface area contributed by atoms with Gasteiger partial charge in [-0.1, -0.05) is 0 Å². The Morgan fingerprint density at radius 3 is 2.75 bits per heavy atom. The average Bonchev–Trinajstić information content (AvgIpc) is 3.14. The zero-order valence-corrected chi connectivity index (χ0v) is 17.8. The third-order valence-corrected chi connectivity index (χ3v) is 5.29. The van der Waals surface area contributed by atoms with E-state index in [-0.39, 0.29) is 37.8 Å². The highest BCUT2D eigenvalue weighted by molar-refractivity contribution is 5.93. The molecule has 3 aromatic rings. The minimum atomic E-state index is -0.211. The number of nitrogens with zero attached hydrogens (tertiary/aromatic N) is 2. The molecule has 0 saturated heterocycles. The number of aliphatic hydroxyl groups excluding tert-OH is 1. The molecule has 3 N–H and O–H groups in total. The Balaban J connectivity index is 1.40. The van der Waals surface area contributed by atoms with Crippen LogP contribution in [0, 0.1) is 0 Å². The molecule has 2 amide bonds. The number of aliphatic hydroxyl groups is 1. The summed E-state index contributed by atoms with van der Waals surface area (Å²) in [6.07, 6.45) is 3.88. The summed E-state index contributed by atoms with van der Waals surface area (Å²) in [5, 5.41) is 12.0. The summed E-state index contributed by atoms with van der Waals surface area (Å²) >= 11 is 0. The lowest BCUT2D eigenvalue weighted by Crippen LogP contribution is -2.29. The van der Waals surface area contributed by atoms with Crippen LogP contribution < -0.4 is 14.8 Å². The molecule has 4 rings (SSSR count). The van der Waals surface area contributed by atoms with Crippen molar-refractivity contribution in [2.45, 2.75) is 19.4 Å². The van der Waals surface area contributed by atoms with E-state index in [1.807, 2.05) is 12.1 Å². The lowest BCUT2D eigenvalue weighted by molar-refractivity contribution is -0.128. The fraction of sp³-hybridized carbons (Fsp3) is 0.261. The second kappa shape index (κ2) is 9.11. The number of fused-ring (bicyclic) bond motifs is 2. The minimum absolute atomic E-state index is 0.101. The molecule has 1 aliphatic heterocycles. The number of rotatable bonds is 7. The number of carbonyl (C=O) groups is 2. The Bertz CT molecular complexity index is 1200. The van der Waals surface area contributed by atoms with Crippen LogP contribution >= 0.6 is 0 Å². The summed E-state index contributed by atoms with van der Waals surface area (Å²) < 4.78 is 10.7. The van der Waals surface area contributed by atoms with Crippen molar-refractivity contribution < 1.29 is 24.2 Å². The van der Waals surface area contributed by atoms with Gasteiger partial charge >= 0.3 is 0 Å². The van der Waals surface area contributed by atoms with Gasteiger partial charge in [0.25, 0.3) is 0 Å². The van der Waals surface area contributed by atoms with Crippen LogP contribution in [-0.4, -0.2) is 52.6 Å². The molecule has 2 aromatic carbocycles. The molecule has 0 saturated carbocycles. The van der Waals surface area contributed by atoms with Crippen molar-refractivity contribution in [3.63, 3.8) is 0 Å². The van der Waals surface area contributed by atoms with Gasteiger partial charge in [-0.2, -0.15) is 0 Å². The molecule has 0 fully saturated rings. The summed E-state index contributed by atoms with van der Waals surface area (Å²) in [7, 11) is 3.12. The molecular weight excluding hydrogens is 412 g/mol. The van der Waals surface area contributed by atoms with Gasteiger partial charge in [0.15, 0.2) is 11.5 Å². The molecule has 0 spiro atoms. The van der Waals surface area contributed by atoms with Crippen molar-refractivity contribution in [2.24, 2.45) is 0 Å². The van der Waals surface area contributed by atoms with Gasteiger partial charge < -0.3 is 29.8 Å². The summed E-state index contributed by atoms with van der Waals surface area (Å²) in [5.41, 5.74) is 3.75. The van der Waals surface area contributed by atoms with E-state index in [1.165, 1.54) is 0 Å². The maximum atomic E-state index is 12.7. The van der Waals surface area contributed by atoms with E-state index in [4.69, 9.17) is 9.47 Å². The summed E-state index contributed by atoms with van der Waals surface area (Å²) in [5.74, 6) is 1.32. The highest BCUT2D eigenvalue weighted by Crippen LogP contribution is 2.32. The Hall–Kier alpha value is -3.85. The van der Waals surface area contributed by atoms with Gasteiger partial charge in [0.05, 0.1) is 31.7 Å². The second-order valence-corrected chi connectivity index (χ2v) is 7.36. The Labute approximate surface area is 184 Å². The van der Waals surface area contributed by atoms with Crippen LogP contribution in [0.15, 0.2) is 36.5 Å². The molecule has 0 unspecified atom stereocenters. The van der Waals surface area contributed by atoms with Crippen LogP contribution in [0.5, 0.6) is 11.5 Å². The lowest BCUT2D eigenvalue weighted by Gasteiger charge is -2.17. The Morgan fingerprint density at radius 2 is 2.00 bits per heavy atom. The van der Waals surface area contributed by atoms with E-state index >= 15 is 0 Å². The largest absolute Gasteiger partial charge is 0.493 e. The number of hydrogen-bond donors (Lipinski definition) is 3. The predicted molar refractivity (Wildman–Crippen MR) is 119 cm³/mol. The highest BCUT2D eigenvalue weighted by Gasteiger charge is 2.20. The third kappa shape index (κ3) is 4.42. The number of benzene rings is 2. The predicted octanol–water partition coefficient (Wildman–Crippen LogP) is 2.46. The van der Waals surface area contributed by atoms with Gasteiger partial charge in [-0.3, -0.25) is 9.59 Å². The molecule has 2 heterocycles. The van der Waals surface area contributed by atoms with Gasteiger partial charge in [-0.05, 0) is 47.5 Å². The number of imidazole rings is 1. The number of ether oxygens (including phenoxy) is 2. The topological polar surface area (TPSA) is 117 Å². The maximum absolute atomic E-state index is 12.7. The fourth-order valence-electron chi connectivity index (χ4n) is 3.62. The van der Waals surface area contributed by atoms with Gasteiger partial charge in [-0.25, -0.2) is 4.98 Å². The Kier molecular flexibility index (Phi) is 6.09. The molecule has 32 heavy (non-hydrogen) atoms. The van der Waals surface area contributed by atoms with Crippen LogP contribution in [0.1, 0.15) is 23.4 Å². The van der Waals surface area contributed by atoms with Crippen molar-refractivity contribution >= 4 is 34.6 Å². The number of H-pyrrole nitrogens is 1. The standard InChI is InChI=1S/C23H24N4O5/c1-31-19-9-14-5-7-27(23(30)11-15(14)10-20(19)32-2)8-6-22(29)24-16-3-4-17-18(12-16)26-21(13-28)25-17/h3-5,7,9-10,12,28H,6,8,11,13H2,1-2H3,(H,24,29)(H,25,26). The SMILES string of the molecule is COc1cc2c(cc1OC)CC(=O)N(CCC(=O)Nc1ccc3nc(CO)[nH]c3c1)C=C2. The summed E-state index contributed by atoms with van der Waals surface area (Å²) in [4.78, 5) is 33.9. The number of aromatic nitrogens is 2. The zero-order valence-electron chi connectivity index (χ0n) is 17.8. The van der Waals surface area contributed by atoms with Gasteiger partial charge in [0.1, 0.15) is 12.4 Å². The van der Waals surface area contributed by atoms with Gasteiger partial charge in [0.2, 0.25) is 11.8 Å². The van der Waals surface area contributed by atoms with Gasteiger partial charge in [0, 0.05) is 24.9 Å². The number of nitrogens with one attached hydrogen (secondary N) is 2. The van der Waals surface area contributed by atoms with Gasteiger partial charge in [-0.15, -0.1) is 0 Å². The smallest absolute Gasteiger partial charge is 0.230 e. The normalized spacial score (nSPS) is 13.1. The first kappa shape index (κ1) is 21.4. The number of anilines is 1. The minimum Gasteiger partial charge on any atom is -0.493 e. The quantitative estimate of drug-likeness (QED) is 0.524. The van der Waals surface area contributed by atoms with E-state index in [2.05, 4.69) is 15.3 Å². The molecule has 9 nitrogen and oxygen atoms in total. The molecule has 9 heteroatoms. The summed E-state index contributed by atoms with van der Waals surface area (Å²) in [6, 6.07) is 8.91. The van der Waals surface area contributed by atoms with E-state index in [0.717, 1.165) is 16.6 Å². The van der Waals surface area contributed by atoms with E-state index in [0.29, 0.717) is 28.5 Å². The number of methoxy groups -OCH3 is 2. The maximum Gasteiger partial charge on any atom is 0.230 e. The molecule has 0 radical (unpaired) electrons. The highest BCUT2D eigenvalue weighted by atomic mass is 16.5. The first-order chi connectivity index (χ1) is 15.5. The van der Waals surface area contributed by atoms with E-state index < -0.39 is 0 Å². The lowest BCUT2D eigenvalue weighted by atomic mass is 10.0. The number of carbonyl (C=O) groups excluding carboxylic acids is 2. The number of hydrogen-bond acceptors (Lipinski definition) is 6. The average molecular weight is 436 g/mol. The van der Waals surface area contributed by atoms with Crippen LogP contribution in [0.3, 0.4) is 0 Å². The first-order valence-electron chi connectivity index (χ1n) is 10.1. The molecular formula is C23H24N4O5. The Morgan fingerprint density at radius 1 is 1.22 bits per heavy atom. The molecule has 0 atom stereocenters. The first-order valence-corrected chi connectivity index (χ1v) is 10.1. The van der Waals surface area contributed by atoms with Crippen molar-refractivity contribution in [1.82, 2.24) is 14.9 Å². The molecule has 0 aliphatic carbocycles. The molecule has 166 valence electrons. The fourth-order valence-corrected chi connectivity index (χ4v) is 3.62. The number of aromatic amines is 1.